The Morgan fingerprint density at radius 2 is 2.00 bits per heavy atom. The molecule has 0 aliphatic rings. The molecule has 84 valence electrons. The lowest BCUT2D eigenvalue weighted by Gasteiger charge is -2.17. The maximum absolute atomic E-state index is 13.0. The molecule has 4 heteroatoms. The van der Waals surface area contributed by atoms with Gasteiger partial charge in [0.1, 0.15) is 0 Å². The summed E-state index contributed by atoms with van der Waals surface area (Å²) in [4.78, 5) is 11.0. The number of hydrogen-bond donors (Lipinski definition) is 2. The summed E-state index contributed by atoms with van der Waals surface area (Å²) in [6, 6.07) is 0. The Morgan fingerprint density at radius 3 is 2.36 bits per heavy atom. The third kappa shape index (κ3) is 5.17. The molecule has 0 heterocycles. The minimum atomic E-state index is -1.84. The van der Waals surface area contributed by atoms with Gasteiger partial charge in [-0.15, -0.1) is 0 Å². The Hall–Kier alpha value is -0.640. The summed E-state index contributed by atoms with van der Waals surface area (Å²) >= 11 is 0. The SMILES string of the molecule is CC(C)C(O)CCNC(=O)C(C)(C)F. The summed E-state index contributed by atoms with van der Waals surface area (Å²) in [5.41, 5.74) is -1.84. The van der Waals surface area contributed by atoms with Crippen molar-refractivity contribution in [2.45, 2.75) is 45.9 Å². The Balaban J connectivity index is 3.71. The Bertz CT molecular complexity index is 187. The topological polar surface area (TPSA) is 49.3 Å². The molecule has 1 amide bonds. The van der Waals surface area contributed by atoms with Crippen molar-refractivity contribution < 1.29 is 14.3 Å². The Labute approximate surface area is 84.7 Å². The van der Waals surface area contributed by atoms with Crippen molar-refractivity contribution in [3.05, 3.63) is 0 Å². The molecular weight excluding hydrogens is 185 g/mol. The van der Waals surface area contributed by atoms with Gasteiger partial charge in [0, 0.05) is 6.54 Å². The van der Waals surface area contributed by atoms with Gasteiger partial charge in [-0.3, -0.25) is 4.79 Å². The van der Waals surface area contributed by atoms with Crippen molar-refractivity contribution in [2.75, 3.05) is 6.54 Å². The highest BCUT2D eigenvalue weighted by Gasteiger charge is 2.25. The number of carbonyl (C=O) groups is 1. The van der Waals surface area contributed by atoms with E-state index >= 15 is 0 Å². The molecule has 0 aromatic heterocycles. The average Bonchev–Trinajstić information content (AvgIpc) is 2.01. The smallest absolute Gasteiger partial charge is 0.257 e. The predicted molar refractivity (Wildman–Crippen MR) is 53.7 cm³/mol. The van der Waals surface area contributed by atoms with E-state index in [0.717, 1.165) is 0 Å². The standard InChI is InChI=1S/C10H20FNO2/c1-7(2)8(13)5-6-12-9(14)10(3,4)11/h7-8,13H,5-6H2,1-4H3,(H,12,14). The molecule has 14 heavy (non-hydrogen) atoms. The number of hydrogen-bond acceptors (Lipinski definition) is 2. The molecular formula is C10H20FNO2. The molecule has 0 aromatic rings. The summed E-state index contributed by atoms with van der Waals surface area (Å²) in [7, 11) is 0. The van der Waals surface area contributed by atoms with Crippen LogP contribution in [0.4, 0.5) is 4.39 Å². The lowest BCUT2D eigenvalue weighted by atomic mass is 10.0. The molecule has 1 atom stereocenters. The first-order chi connectivity index (χ1) is 6.25. The number of amides is 1. The molecule has 0 radical (unpaired) electrons. The Morgan fingerprint density at radius 1 is 1.50 bits per heavy atom. The summed E-state index contributed by atoms with van der Waals surface area (Å²) in [5, 5.41) is 11.8. The van der Waals surface area contributed by atoms with Gasteiger partial charge in [-0.2, -0.15) is 0 Å². The molecule has 2 N–H and O–H groups in total. The second kappa shape index (κ2) is 5.29. The van der Waals surface area contributed by atoms with Gasteiger partial charge in [-0.05, 0) is 26.2 Å². The maximum Gasteiger partial charge on any atom is 0.257 e. The van der Waals surface area contributed by atoms with Crippen LogP contribution in [0.25, 0.3) is 0 Å². The second-order valence-corrected chi connectivity index (χ2v) is 4.33. The van der Waals surface area contributed by atoms with Gasteiger partial charge in [0.05, 0.1) is 6.10 Å². The van der Waals surface area contributed by atoms with Crippen molar-refractivity contribution in [3.8, 4) is 0 Å². The fourth-order valence-corrected chi connectivity index (χ4v) is 0.877. The molecule has 0 bridgehead atoms. The molecule has 0 aliphatic carbocycles. The zero-order valence-electron chi connectivity index (χ0n) is 9.30. The summed E-state index contributed by atoms with van der Waals surface area (Å²) < 4.78 is 13.0. The van der Waals surface area contributed by atoms with Gasteiger partial charge in [0.15, 0.2) is 5.67 Å². The third-order valence-electron chi connectivity index (χ3n) is 2.04. The molecule has 0 fully saturated rings. The van der Waals surface area contributed by atoms with Crippen molar-refractivity contribution in [1.29, 1.82) is 0 Å². The van der Waals surface area contributed by atoms with E-state index in [4.69, 9.17) is 0 Å². The van der Waals surface area contributed by atoms with Crippen LogP contribution in [-0.4, -0.2) is 29.3 Å². The average molecular weight is 205 g/mol. The van der Waals surface area contributed by atoms with Gasteiger partial charge < -0.3 is 10.4 Å². The van der Waals surface area contributed by atoms with Gasteiger partial charge in [0.25, 0.3) is 5.91 Å². The molecule has 0 saturated carbocycles. The van der Waals surface area contributed by atoms with Crippen LogP contribution in [-0.2, 0) is 4.79 Å². The van der Waals surface area contributed by atoms with Crippen molar-refractivity contribution in [2.24, 2.45) is 5.92 Å². The van der Waals surface area contributed by atoms with E-state index in [2.05, 4.69) is 5.32 Å². The highest BCUT2D eigenvalue weighted by Crippen LogP contribution is 2.08. The lowest BCUT2D eigenvalue weighted by Crippen LogP contribution is -2.40. The van der Waals surface area contributed by atoms with Gasteiger partial charge in [0.2, 0.25) is 0 Å². The van der Waals surface area contributed by atoms with Crippen LogP contribution in [0.1, 0.15) is 34.1 Å². The highest BCUT2D eigenvalue weighted by atomic mass is 19.1. The first-order valence-corrected chi connectivity index (χ1v) is 4.90. The third-order valence-corrected chi connectivity index (χ3v) is 2.04. The van der Waals surface area contributed by atoms with Crippen LogP contribution in [0, 0.1) is 5.92 Å². The molecule has 1 unspecified atom stereocenters. The Kier molecular flexibility index (Phi) is 5.05. The van der Waals surface area contributed by atoms with E-state index in [1.54, 1.807) is 0 Å². The molecule has 0 rings (SSSR count). The lowest BCUT2D eigenvalue weighted by molar-refractivity contribution is -0.130. The number of aliphatic hydroxyl groups is 1. The number of nitrogens with one attached hydrogen (secondary N) is 1. The molecule has 0 aliphatic heterocycles. The number of rotatable bonds is 5. The van der Waals surface area contributed by atoms with Crippen LogP contribution >= 0.6 is 0 Å². The first-order valence-electron chi connectivity index (χ1n) is 4.90. The zero-order chi connectivity index (χ0) is 11.4. The van der Waals surface area contributed by atoms with Crippen molar-refractivity contribution in [1.82, 2.24) is 5.32 Å². The first kappa shape index (κ1) is 13.4. The highest BCUT2D eigenvalue weighted by molar-refractivity contribution is 5.83. The van der Waals surface area contributed by atoms with Crippen LogP contribution in [0.15, 0.2) is 0 Å². The number of alkyl halides is 1. The molecule has 0 aromatic carbocycles. The van der Waals surface area contributed by atoms with Crippen molar-refractivity contribution in [3.63, 3.8) is 0 Å². The van der Waals surface area contributed by atoms with Crippen LogP contribution < -0.4 is 5.32 Å². The van der Waals surface area contributed by atoms with Crippen molar-refractivity contribution >= 4 is 5.91 Å². The largest absolute Gasteiger partial charge is 0.393 e. The minimum Gasteiger partial charge on any atom is -0.393 e. The summed E-state index contributed by atoms with van der Waals surface area (Å²) in [6.07, 6.45) is 0.0115. The normalized spacial score (nSPS) is 14.2. The molecule has 3 nitrogen and oxygen atoms in total. The molecule has 0 spiro atoms. The van der Waals surface area contributed by atoms with Crippen LogP contribution in [0.2, 0.25) is 0 Å². The summed E-state index contributed by atoms with van der Waals surface area (Å²) in [6.45, 7) is 6.52. The number of halogens is 1. The quantitative estimate of drug-likeness (QED) is 0.710. The number of carbonyl (C=O) groups excluding carboxylic acids is 1. The van der Waals surface area contributed by atoms with E-state index in [1.165, 1.54) is 13.8 Å². The fourth-order valence-electron chi connectivity index (χ4n) is 0.877. The predicted octanol–water partition coefficient (Wildman–Crippen LogP) is 1.26. The fraction of sp³-hybridized carbons (Fsp3) is 0.900. The van der Waals surface area contributed by atoms with Gasteiger partial charge in [-0.25, -0.2) is 4.39 Å². The zero-order valence-corrected chi connectivity index (χ0v) is 9.30. The van der Waals surface area contributed by atoms with E-state index in [1.807, 2.05) is 13.8 Å². The van der Waals surface area contributed by atoms with E-state index in [9.17, 15) is 14.3 Å². The van der Waals surface area contributed by atoms with E-state index < -0.39 is 17.7 Å². The van der Waals surface area contributed by atoms with Crippen LogP contribution in [0.5, 0.6) is 0 Å². The number of aliphatic hydroxyl groups excluding tert-OH is 1. The second-order valence-electron chi connectivity index (χ2n) is 4.33. The monoisotopic (exact) mass is 205 g/mol. The minimum absolute atomic E-state index is 0.158. The van der Waals surface area contributed by atoms with E-state index in [-0.39, 0.29) is 5.92 Å². The van der Waals surface area contributed by atoms with Gasteiger partial charge >= 0.3 is 0 Å². The maximum atomic E-state index is 13.0. The van der Waals surface area contributed by atoms with Crippen LogP contribution in [0.3, 0.4) is 0 Å². The molecule has 0 saturated heterocycles. The summed E-state index contributed by atoms with van der Waals surface area (Å²) in [5.74, 6) is -0.473. The van der Waals surface area contributed by atoms with Gasteiger partial charge in [-0.1, -0.05) is 13.8 Å². The van der Waals surface area contributed by atoms with E-state index in [0.29, 0.717) is 13.0 Å².